The van der Waals surface area contributed by atoms with Gasteiger partial charge in [0.05, 0.1) is 10.9 Å². The van der Waals surface area contributed by atoms with Crippen LogP contribution in [0, 0.1) is 13.8 Å². The Balaban J connectivity index is 2.32. The van der Waals surface area contributed by atoms with Gasteiger partial charge in [-0.05, 0) is 43.0 Å². The molecule has 25 heavy (non-hydrogen) atoms. The van der Waals surface area contributed by atoms with Crippen molar-refractivity contribution in [2.45, 2.75) is 34.1 Å². The molecule has 0 fully saturated rings. The van der Waals surface area contributed by atoms with Gasteiger partial charge in [0, 0.05) is 13.0 Å². The summed E-state index contributed by atoms with van der Waals surface area (Å²) < 4.78 is 11.2. The first-order chi connectivity index (χ1) is 11.9. The van der Waals surface area contributed by atoms with Crippen LogP contribution in [-0.4, -0.2) is 5.97 Å². The molecule has 0 bridgehead atoms. The number of carbonyl (C=O) groups excluding carboxylic acids is 1. The van der Waals surface area contributed by atoms with Crippen molar-refractivity contribution in [1.29, 1.82) is 0 Å². The van der Waals surface area contributed by atoms with Crippen LogP contribution in [-0.2, 0) is 11.2 Å². The van der Waals surface area contributed by atoms with Gasteiger partial charge < -0.3 is 9.15 Å². The second kappa shape index (κ2) is 6.55. The monoisotopic (exact) mass is 336 g/mol. The molecule has 3 rings (SSSR count). The smallest absolute Gasteiger partial charge is 0.308 e. The predicted octanol–water partition coefficient (Wildman–Crippen LogP) is 4.56. The molecule has 0 atom stereocenters. The van der Waals surface area contributed by atoms with Gasteiger partial charge >= 0.3 is 5.97 Å². The van der Waals surface area contributed by atoms with Crippen LogP contribution in [0.4, 0.5) is 0 Å². The van der Waals surface area contributed by atoms with Crippen LogP contribution >= 0.6 is 0 Å². The zero-order valence-electron chi connectivity index (χ0n) is 14.8. The van der Waals surface area contributed by atoms with E-state index in [1.54, 1.807) is 19.1 Å². The molecular formula is C21H20O4. The van der Waals surface area contributed by atoms with Crippen LogP contribution in [0.2, 0.25) is 0 Å². The largest absolute Gasteiger partial charge is 0.460 e. The molecule has 3 aromatic rings. The number of fused-ring (bicyclic) bond motifs is 1. The summed E-state index contributed by atoms with van der Waals surface area (Å²) in [6, 6.07) is 11.1. The molecule has 4 heteroatoms. The molecule has 4 nitrogen and oxygen atoms in total. The first-order valence-electron chi connectivity index (χ1n) is 8.27. The maximum absolute atomic E-state index is 13.1. The summed E-state index contributed by atoms with van der Waals surface area (Å²) >= 11 is 0. The average molecular weight is 336 g/mol. The summed E-state index contributed by atoms with van der Waals surface area (Å²) in [5.74, 6) is 0.586. The molecular weight excluding hydrogens is 316 g/mol. The minimum absolute atomic E-state index is 0.0721. The third-order valence-corrected chi connectivity index (χ3v) is 4.30. The van der Waals surface area contributed by atoms with E-state index in [9.17, 15) is 9.59 Å². The van der Waals surface area contributed by atoms with Crippen LogP contribution in [0.3, 0.4) is 0 Å². The maximum Gasteiger partial charge on any atom is 0.308 e. The van der Waals surface area contributed by atoms with Gasteiger partial charge in [-0.1, -0.05) is 31.2 Å². The third-order valence-electron chi connectivity index (χ3n) is 4.30. The van der Waals surface area contributed by atoms with Gasteiger partial charge in [0.1, 0.15) is 17.1 Å². The van der Waals surface area contributed by atoms with E-state index in [4.69, 9.17) is 9.15 Å². The Labute approximate surface area is 146 Å². The molecule has 0 amide bonds. The van der Waals surface area contributed by atoms with E-state index in [-0.39, 0.29) is 5.43 Å². The van der Waals surface area contributed by atoms with Gasteiger partial charge in [0.2, 0.25) is 5.43 Å². The average Bonchev–Trinajstić information content (AvgIpc) is 2.55. The topological polar surface area (TPSA) is 56.5 Å². The number of hydrogen-bond donors (Lipinski definition) is 0. The molecule has 2 aromatic carbocycles. The number of hydrogen-bond acceptors (Lipinski definition) is 4. The van der Waals surface area contributed by atoms with Crippen molar-refractivity contribution in [1.82, 2.24) is 0 Å². The van der Waals surface area contributed by atoms with Crippen LogP contribution < -0.4 is 10.2 Å². The van der Waals surface area contributed by atoms with Crippen molar-refractivity contribution in [3.05, 3.63) is 63.5 Å². The van der Waals surface area contributed by atoms with E-state index < -0.39 is 5.97 Å². The SMILES string of the molecule is CCc1cc2c(=O)c(-c3ccccc3C)c(C)oc2cc1OC(C)=O. The summed E-state index contributed by atoms with van der Waals surface area (Å²) in [5, 5.41) is 0.497. The van der Waals surface area contributed by atoms with Crippen LogP contribution in [0.25, 0.3) is 22.1 Å². The van der Waals surface area contributed by atoms with Gasteiger partial charge in [0.25, 0.3) is 0 Å². The van der Waals surface area contributed by atoms with Crippen molar-refractivity contribution in [2.75, 3.05) is 0 Å². The Morgan fingerprint density at radius 2 is 1.88 bits per heavy atom. The third kappa shape index (κ3) is 3.07. The highest BCUT2D eigenvalue weighted by atomic mass is 16.5. The minimum atomic E-state index is -0.398. The molecule has 0 radical (unpaired) electrons. The van der Waals surface area contributed by atoms with Gasteiger partial charge in [-0.15, -0.1) is 0 Å². The van der Waals surface area contributed by atoms with Gasteiger partial charge in [-0.3, -0.25) is 9.59 Å². The number of aryl methyl sites for hydroxylation is 3. The lowest BCUT2D eigenvalue weighted by Gasteiger charge is -2.12. The molecule has 0 aliphatic rings. The Bertz CT molecular complexity index is 1030. The molecule has 1 aromatic heterocycles. The summed E-state index contributed by atoms with van der Waals surface area (Å²) in [6.45, 7) is 7.06. The van der Waals surface area contributed by atoms with Crippen LogP contribution in [0.5, 0.6) is 5.75 Å². The highest BCUT2D eigenvalue weighted by molar-refractivity contribution is 5.86. The normalized spacial score (nSPS) is 10.9. The summed E-state index contributed by atoms with van der Waals surface area (Å²) in [7, 11) is 0. The molecule has 0 spiro atoms. The second-order valence-electron chi connectivity index (χ2n) is 6.08. The summed E-state index contributed by atoms with van der Waals surface area (Å²) in [6.07, 6.45) is 0.644. The lowest BCUT2D eigenvalue weighted by atomic mass is 9.97. The second-order valence-corrected chi connectivity index (χ2v) is 6.08. The number of benzene rings is 2. The van der Waals surface area contributed by atoms with Gasteiger partial charge in [-0.25, -0.2) is 0 Å². The van der Waals surface area contributed by atoms with Gasteiger partial charge in [-0.2, -0.15) is 0 Å². The standard InChI is InChI=1S/C21H20O4/c1-5-15-10-17-19(11-18(15)25-14(4)22)24-13(3)20(21(17)23)16-9-7-6-8-12(16)2/h6-11H,5H2,1-4H3. The zero-order chi connectivity index (χ0) is 18.1. The predicted molar refractivity (Wildman–Crippen MR) is 98.1 cm³/mol. The Kier molecular flexibility index (Phi) is 4.45. The van der Waals surface area contributed by atoms with Crippen LogP contribution in [0.1, 0.15) is 30.7 Å². The molecule has 0 N–H and O–H groups in total. The molecule has 0 saturated carbocycles. The van der Waals surface area contributed by atoms with Crippen molar-refractivity contribution in [3.8, 4) is 16.9 Å². The fourth-order valence-electron chi connectivity index (χ4n) is 3.07. The number of ether oxygens (including phenoxy) is 1. The highest BCUT2D eigenvalue weighted by Crippen LogP contribution is 2.30. The lowest BCUT2D eigenvalue weighted by Crippen LogP contribution is -2.10. The summed E-state index contributed by atoms with van der Waals surface area (Å²) in [5.41, 5.74) is 3.62. The first-order valence-corrected chi connectivity index (χ1v) is 8.27. The van der Waals surface area contributed by atoms with E-state index >= 15 is 0 Å². The first kappa shape index (κ1) is 17.0. The molecule has 128 valence electrons. The van der Waals surface area contributed by atoms with Crippen molar-refractivity contribution in [2.24, 2.45) is 0 Å². The minimum Gasteiger partial charge on any atom is -0.460 e. The molecule has 0 unspecified atom stereocenters. The number of carbonyl (C=O) groups is 1. The summed E-state index contributed by atoms with van der Waals surface area (Å²) in [4.78, 5) is 24.4. The molecule has 0 aliphatic heterocycles. The van der Waals surface area contributed by atoms with Gasteiger partial charge in [0.15, 0.2) is 0 Å². The number of rotatable bonds is 3. The quantitative estimate of drug-likeness (QED) is 0.519. The van der Waals surface area contributed by atoms with Crippen molar-refractivity contribution in [3.63, 3.8) is 0 Å². The van der Waals surface area contributed by atoms with E-state index in [1.165, 1.54) is 6.92 Å². The van der Waals surface area contributed by atoms with Crippen molar-refractivity contribution >= 4 is 16.9 Å². The maximum atomic E-state index is 13.1. The van der Waals surface area contributed by atoms with Crippen LogP contribution in [0.15, 0.2) is 45.6 Å². The number of esters is 1. The Hall–Kier alpha value is -2.88. The molecule has 0 aliphatic carbocycles. The molecule has 1 heterocycles. The van der Waals surface area contributed by atoms with E-state index in [0.29, 0.717) is 34.5 Å². The highest BCUT2D eigenvalue weighted by Gasteiger charge is 2.17. The van der Waals surface area contributed by atoms with E-state index in [0.717, 1.165) is 16.7 Å². The Morgan fingerprint density at radius 1 is 1.16 bits per heavy atom. The Morgan fingerprint density at radius 3 is 2.52 bits per heavy atom. The van der Waals surface area contributed by atoms with E-state index in [1.807, 2.05) is 38.1 Å². The lowest BCUT2D eigenvalue weighted by molar-refractivity contribution is -0.131. The van der Waals surface area contributed by atoms with Crippen molar-refractivity contribution < 1.29 is 13.9 Å². The fourth-order valence-corrected chi connectivity index (χ4v) is 3.07. The fraction of sp³-hybridized carbons (Fsp3) is 0.238. The van der Waals surface area contributed by atoms with E-state index in [2.05, 4.69) is 0 Å². The zero-order valence-corrected chi connectivity index (χ0v) is 14.8. The molecule has 0 saturated heterocycles.